The van der Waals surface area contributed by atoms with Gasteiger partial charge in [0.25, 0.3) is 0 Å². The fourth-order valence-corrected chi connectivity index (χ4v) is 6.16. The molecule has 0 aromatic heterocycles. The molecule has 0 radical (unpaired) electrons. The van der Waals surface area contributed by atoms with Crippen molar-refractivity contribution in [3.63, 3.8) is 0 Å². The van der Waals surface area contributed by atoms with Gasteiger partial charge in [-0.15, -0.1) is 0 Å². The lowest BCUT2D eigenvalue weighted by molar-refractivity contribution is 0.0749. The summed E-state index contributed by atoms with van der Waals surface area (Å²) in [6.45, 7) is 0. The number of hydrogen-bond acceptors (Lipinski definition) is 2. The average molecular weight is 499 g/mol. The lowest BCUT2D eigenvalue weighted by atomic mass is 9.63. The van der Waals surface area contributed by atoms with Gasteiger partial charge in [-0.3, -0.25) is 0 Å². The zero-order chi connectivity index (χ0) is 25.2. The smallest absolute Gasteiger partial charge is 0.141 e. The standard InChI is InChI=1S/C34H23ClO2/c35-28-17-18-31-32(21-28)34(37,27-16-14-23-8-2-4-10-25(23)20-27)30-12-6-5-11-29(30)33(31,36)26-15-13-22-7-1-3-9-24(22)19-26/h1-21,36-37H. The summed E-state index contributed by atoms with van der Waals surface area (Å²) in [5, 5.41) is 30.2. The van der Waals surface area contributed by atoms with Crippen LogP contribution >= 0.6 is 11.6 Å². The third kappa shape index (κ3) is 3.14. The molecule has 0 amide bonds. The fraction of sp³-hybridized carbons (Fsp3) is 0.0588. The molecule has 0 saturated heterocycles. The van der Waals surface area contributed by atoms with Crippen molar-refractivity contribution >= 4 is 33.1 Å². The van der Waals surface area contributed by atoms with Crippen molar-refractivity contribution in [3.05, 3.63) is 166 Å². The number of benzene rings is 6. The van der Waals surface area contributed by atoms with Crippen LogP contribution in [0.3, 0.4) is 0 Å². The van der Waals surface area contributed by atoms with Gasteiger partial charge < -0.3 is 10.2 Å². The summed E-state index contributed by atoms with van der Waals surface area (Å²) in [5.74, 6) is 0. The molecule has 0 saturated carbocycles. The van der Waals surface area contributed by atoms with Crippen LogP contribution in [0.5, 0.6) is 0 Å². The van der Waals surface area contributed by atoms with Crippen LogP contribution in [0.2, 0.25) is 5.02 Å². The van der Waals surface area contributed by atoms with Gasteiger partial charge in [0.15, 0.2) is 0 Å². The number of hydrogen-bond donors (Lipinski definition) is 2. The zero-order valence-corrected chi connectivity index (χ0v) is 20.7. The Balaban J connectivity index is 1.56. The molecule has 178 valence electrons. The van der Waals surface area contributed by atoms with Gasteiger partial charge in [-0.1, -0.05) is 115 Å². The summed E-state index contributed by atoms with van der Waals surface area (Å²) >= 11 is 6.54. The first-order valence-electron chi connectivity index (χ1n) is 12.3. The third-order valence-corrected chi connectivity index (χ3v) is 8.04. The number of halogens is 1. The second-order valence-electron chi connectivity index (χ2n) is 9.78. The molecule has 7 rings (SSSR count). The highest BCUT2D eigenvalue weighted by atomic mass is 35.5. The van der Waals surface area contributed by atoms with Crippen molar-refractivity contribution in [1.29, 1.82) is 0 Å². The quantitative estimate of drug-likeness (QED) is 0.259. The Morgan fingerprint density at radius 3 is 1.38 bits per heavy atom. The van der Waals surface area contributed by atoms with Crippen LogP contribution in [0, 0.1) is 0 Å². The van der Waals surface area contributed by atoms with Crippen molar-refractivity contribution in [3.8, 4) is 0 Å². The summed E-state index contributed by atoms with van der Waals surface area (Å²) in [6.07, 6.45) is 0. The monoisotopic (exact) mass is 498 g/mol. The second kappa shape index (κ2) is 8.03. The molecule has 2 nitrogen and oxygen atoms in total. The van der Waals surface area contributed by atoms with E-state index in [1.165, 1.54) is 0 Å². The summed E-state index contributed by atoms with van der Waals surface area (Å²) < 4.78 is 0. The van der Waals surface area contributed by atoms with Crippen molar-refractivity contribution in [2.45, 2.75) is 11.2 Å². The van der Waals surface area contributed by atoms with E-state index in [-0.39, 0.29) is 0 Å². The fourth-order valence-electron chi connectivity index (χ4n) is 5.99. The Kier molecular flexibility index (Phi) is 4.83. The average Bonchev–Trinajstić information content (AvgIpc) is 2.95. The van der Waals surface area contributed by atoms with Crippen molar-refractivity contribution in [1.82, 2.24) is 0 Å². The summed E-state index contributed by atoms with van der Waals surface area (Å²) in [5.41, 5.74) is 0.941. The molecule has 3 heteroatoms. The molecule has 0 aliphatic heterocycles. The van der Waals surface area contributed by atoms with E-state index in [1.807, 2.05) is 103 Å². The normalized spacial score (nSPS) is 20.5. The van der Waals surface area contributed by atoms with Crippen LogP contribution in [-0.4, -0.2) is 10.2 Å². The van der Waals surface area contributed by atoms with Crippen molar-refractivity contribution < 1.29 is 10.2 Å². The molecule has 1 aliphatic carbocycles. The largest absolute Gasteiger partial charge is 0.376 e. The van der Waals surface area contributed by atoms with Gasteiger partial charge in [-0.05, 0) is 73.6 Å². The molecule has 6 aromatic carbocycles. The van der Waals surface area contributed by atoms with Crippen LogP contribution in [0.15, 0.2) is 127 Å². The van der Waals surface area contributed by atoms with Gasteiger partial charge in [0, 0.05) is 10.6 Å². The number of aliphatic hydroxyl groups is 2. The Bertz CT molecular complexity index is 1840. The van der Waals surface area contributed by atoms with Gasteiger partial charge in [0.05, 0.1) is 0 Å². The molecule has 0 spiro atoms. The number of fused-ring (bicyclic) bond motifs is 4. The predicted molar refractivity (Wildman–Crippen MR) is 150 cm³/mol. The van der Waals surface area contributed by atoms with Crippen LogP contribution in [0.1, 0.15) is 33.4 Å². The van der Waals surface area contributed by atoms with Crippen molar-refractivity contribution in [2.75, 3.05) is 0 Å². The molecule has 0 heterocycles. The van der Waals surface area contributed by atoms with Gasteiger partial charge in [0.1, 0.15) is 11.2 Å². The van der Waals surface area contributed by atoms with E-state index in [0.717, 1.165) is 32.7 Å². The molecule has 0 bridgehead atoms. The maximum Gasteiger partial charge on any atom is 0.141 e. The lowest BCUT2D eigenvalue weighted by Gasteiger charge is -2.45. The van der Waals surface area contributed by atoms with Crippen LogP contribution < -0.4 is 0 Å². The minimum atomic E-state index is -1.51. The highest BCUT2D eigenvalue weighted by Gasteiger charge is 2.51. The van der Waals surface area contributed by atoms with E-state index in [9.17, 15) is 10.2 Å². The summed E-state index contributed by atoms with van der Waals surface area (Å²) in [6, 6.07) is 41.3. The Hall–Kier alpha value is -3.95. The maximum atomic E-state index is 12.7. The summed E-state index contributed by atoms with van der Waals surface area (Å²) in [4.78, 5) is 0. The van der Waals surface area contributed by atoms with E-state index in [0.29, 0.717) is 27.3 Å². The molecular formula is C34H23ClO2. The van der Waals surface area contributed by atoms with E-state index in [4.69, 9.17) is 11.6 Å². The van der Waals surface area contributed by atoms with Gasteiger partial charge in [0.2, 0.25) is 0 Å². The molecule has 6 aromatic rings. The Morgan fingerprint density at radius 1 is 0.405 bits per heavy atom. The molecule has 2 atom stereocenters. The topological polar surface area (TPSA) is 40.5 Å². The van der Waals surface area contributed by atoms with Gasteiger partial charge in [-0.2, -0.15) is 0 Å². The summed E-state index contributed by atoms with van der Waals surface area (Å²) in [7, 11) is 0. The van der Waals surface area contributed by atoms with Gasteiger partial charge >= 0.3 is 0 Å². The van der Waals surface area contributed by atoms with E-state index < -0.39 is 11.2 Å². The highest BCUT2D eigenvalue weighted by Crippen LogP contribution is 2.54. The predicted octanol–water partition coefficient (Wildman–Crippen LogP) is 7.53. The minimum absolute atomic E-state index is 0.498. The van der Waals surface area contributed by atoms with E-state index in [1.54, 1.807) is 12.1 Å². The molecule has 2 unspecified atom stereocenters. The Morgan fingerprint density at radius 2 is 0.838 bits per heavy atom. The van der Waals surface area contributed by atoms with Crippen LogP contribution in [-0.2, 0) is 11.2 Å². The maximum absolute atomic E-state index is 12.7. The SMILES string of the molecule is OC1(c2ccc3ccccc3c2)c2ccccc2C(O)(c2ccc3ccccc3c2)c2cc(Cl)ccc21. The molecular weight excluding hydrogens is 476 g/mol. The molecule has 2 N–H and O–H groups in total. The minimum Gasteiger partial charge on any atom is -0.376 e. The first kappa shape index (κ1) is 22.3. The first-order valence-corrected chi connectivity index (χ1v) is 12.7. The van der Waals surface area contributed by atoms with Crippen LogP contribution in [0.25, 0.3) is 21.5 Å². The Labute approximate surface area is 220 Å². The molecule has 1 aliphatic rings. The third-order valence-electron chi connectivity index (χ3n) is 7.80. The van der Waals surface area contributed by atoms with E-state index >= 15 is 0 Å². The van der Waals surface area contributed by atoms with Crippen LogP contribution in [0.4, 0.5) is 0 Å². The molecule has 0 fully saturated rings. The zero-order valence-electron chi connectivity index (χ0n) is 19.9. The van der Waals surface area contributed by atoms with Crippen molar-refractivity contribution in [2.24, 2.45) is 0 Å². The van der Waals surface area contributed by atoms with E-state index in [2.05, 4.69) is 12.1 Å². The second-order valence-corrected chi connectivity index (χ2v) is 10.2. The first-order chi connectivity index (χ1) is 18.0. The molecule has 37 heavy (non-hydrogen) atoms. The highest BCUT2D eigenvalue weighted by molar-refractivity contribution is 6.30. The van der Waals surface area contributed by atoms with Gasteiger partial charge in [-0.25, -0.2) is 0 Å². The number of rotatable bonds is 2. The lowest BCUT2D eigenvalue weighted by Crippen LogP contribution is -2.44.